The molecular formula is C11H12FN3O3. The number of rotatable bonds is 5. The lowest BCUT2D eigenvalue weighted by Crippen LogP contribution is -2.43. The van der Waals surface area contributed by atoms with Crippen LogP contribution in [0.25, 0.3) is 0 Å². The van der Waals surface area contributed by atoms with Crippen LogP contribution in [0.4, 0.5) is 10.1 Å². The van der Waals surface area contributed by atoms with Gasteiger partial charge in [0.15, 0.2) is 5.75 Å². The molecule has 0 saturated carbocycles. The number of ether oxygens (including phenoxy) is 1. The minimum absolute atomic E-state index is 0.0712. The number of nitro benzene ring substituents is 1. The average Bonchev–Trinajstić information content (AvgIpc) is 2.36. The van der Waals surface area contributed by atoms with Gasteiger partial charge in [-0.3, -0.25) is 15.4 Å². The standard InChI is InChI=1S/C11H12FN3O3/c1-11(6-13,14-2)7-18-10-4-3-8(12)5-9(10)15(16)17/h3-5,14H,7H2,1-2H3. The van der Waals surface area contributed by atoms with E-state index >= 15 is 0 Å². The van der Waals surface area contributed by atoms with Crippen molar-refractivity contribution in [1.29, 1.82) is 5.26 Å². The Bertz CT molecular complexity index is 501. The van der Waals surface area contributed by atoms with Crippen LogP contribution in [0.2, 0.25) is 0 Å². The van der Waals surface area contributed by atoms with Gasteiger partial charge in [-0.1, -0.05) is 0 Å². The number of benzene rings is 1. The molecule has 1 aromatic carbocycles. The third-order valence-corrected chi connectivity index (χ3v) is 2.43. The molecule has 1 N–H and O–H groups in total. The van der Waals surface area contributed by atoms with E-state index in [1.165, 1.54) is 6.07 Å². The highest BCUT2D eigenvalue weighted by atomic mass is 19.1. The van der Waals surface area contributed by atoms with Crippen molar-refractivity contribution >= 4 is 5.69 Å². The molecule has 0 amide bonds. The Kier molecular flexibility index (Phi) is 4.18. The summed E-state index contributed by atoms with van der Waals surface area (Å²) in [6, 6.07) is 4.98. The quantitative estimate of drug-likeness (QED) is 0.636. The molecule has 0 aliphatic carbocycles. The molecule has 1 aromatic rings. The lowest BCUT2D eigenvalue weighted by atomic mass is 10.1. The highest BCUT2D eigenvalue weighted by molar-refractivity contribution is 5.46. The van der Waals surface area contributed by atoms with Gasteiger partial charge in [0.25, 0.3) is 0 Å². The lowest BCUT2D eigenvalue weighted by molar-refractivity contribution is -0.386. The predicted octanol–water partition coefficient (Wildman–Crippen LogP) is 1.61. The zero-order valence-electron chi connectivity index (χ0n) is 9.94. The van der Waals surface area contributed by atoms with E-state index in [1.54, 1.807) is 14.0 Å². The van der Waals surface area contributed by atoms with Crippen LogP contribution in [-0.4, -0.2) is 24.1 Å². The summed E-state index contributed by atoms with van der Waals surface area (Å²) in [5.41, 5.74) is -1.44. The monoisotopic (exact) mass is 253 g/mol. The van der Waals surface area contributed by atoms with Gasteiger partial charge in [-0.2, -0.15) is 5.26 Å². The first kappa shape index (κ1) is 13.9. The van der Waals surface area contributed by atoms with Crippen LogP contribution in [0.5, 0.6) is 5.75 Å². The molecule has 1 unspecified atom stereocenters. The number of nitriles is 1. The van der Waals surface area contributed by atoms with Crippen LogP contribution in [0.15, 0.2) is 18.2 Å². The van der Waals surface area contributed by atoms with E-state index in [-0.39, 0.29) is 12.4 Å². The molecule has 7 heteroatoms. The van der Waals surface area contributed by atoms with Crippen molar-refractivity contribution in [2.75, 3.05) is 13.7 Å². The van der Waals surface area contributed by atoms with Gasteiger partial charge in [0.1, 0.15) is 18.0 Å². The Morgan fingerprint density at radius 1 is 1.67 bits per heavy atom. The fourth-order valence-corrected chi connectivity index (χ4v) is 1.14. The number of hydrogen-bond donors (Lipinski definition) is 1. The van der Waals surface area contributed by atoms with Crippen LogP contribution in [0.3, 0.4) is 0 Å². The fourth-order valence-electron chi connectivity index (χ4n) is 1.14. The van der Waals surface area contributed by atoms with Crippen molar-refractivity contribution in [3.63, 3.8) is 0 Å². The van der Waals surface area contributed by atoms with E-state index in [4.69, 9.17) is 10.00 Å². The Morgan fingerprint density at radius 2 is 2.33 bits per heavy atom. The minimum Gasteiger partial charge on any atom is -0.484 e. The van der Waals surface area contributed by atoms with Gasteiger partial charge in [-0.05, 0) is 26.1 Å². The largest absolute Gasteiger partial charge is 0.484 e. The summed E-state index contributed by atoms with van der Waals surface area (Å²) in [4.78, 5) is 9.98. The van der Waals surface area contributed by atoms with E-state index in [9.17, 15) is 14.5 Å². The van der Waals surface area contributed by atoms with Gasteiger partial charge < -0.3 is 4.74 Å². The SMILES string of the molecule is CNC(C)(C#N)COc1ccc(F)cc1[N+](=O)[O-]. The van der Waals surface area contributed by atoms with Gasteiger partial charge >= 0.3 is 5.69 Å². The fraction of sp³-hybridized carbons (Fsp3) is 0.364. The summed E-state index contributed by atoms with van der Waals surface area (Å²) in [5, 5.41) is 22.3. The first-order chi connectivity index (χ1) is 8.41. The highest BCUT2D eigenvalue weighted by Crippen LogP contribution is 2.28. The highest BCUT2D eigenvalue weighted by Gasteiger charge is 2.24. The molecule has 0 aromatic heterocycles. The molecular weight excluding hydrogens is 241 g/mol. The van der Waals surface area contributed by atoms with E-state index in [2.05, 4.69) is 5.32 Å². The number of nitrogens with one attached hydrogen (secondary N) is 1. The second-order valence-corrected chi connectivity index (χ2v) is 3.85. The van der Waals surface area contributed by atoms with Crippen molar-refractivity contribution in [2.45, 2.75) is 12.5 Å². The molecule has 1 rings (SSSR count). The first-order valence-corrected chi connectivity index (χ1v) is 5.09. The lowest BCUT2D eigenvalue weighted by Gasteiger charge is -2.20. The summed E-state index contributed by atoms with van der Waals surface area (Å²) in [7, 11) is 1.58. The number of nitro groups is 1. The zero-order chi connectivity index (χ0) is 13.8. The van der Waals surface area contributed by atoms with Crippen LogP contribution in [0.1, 0.15) is 6.92 Å². The maximum Gasteiger partial charge on any atom is 0.313 e. The van der Waals surface area contributed by atoms with Crippen molar-refractivity contribution in [2.24, 2.45) is 0 Å². The van der Waals surface area contributed by atoms with E-state index < -0.39 is 22.0 Å². The van der Waals surface area contributed by atoms with Gasteiger partial charge in [0.2, 0.25) is 0 Å². The van der Waals surface area contributed by atoms with E-state index in [1.807, 2.05) is 6.07 Å². The number of halogens is 1. The maximum absolute atomic E-state index is 12.9. The molecule has 0 aliphatic heterocycles. The third-order valence-electron chi connectivity index (χ3n) is 2.43. The number of nitrogens with zero attached hydrogens (tertiary/aromatic N) is 2. The van der Waals surface area contributed by atoms with Gasteiger partial charge in [0, 0.05) is 0 Å². The Morgan fingerprint density at radius 3 is 2.83 bits per heavy atom. The molecule has 0 fully saturated rings. The second kappa shape index (κ2) is 5.42. The summed E-state index contributed by atoms with van der Waals surface area (Å²) >= 11 is 0. The first-order valence-electron chi connectivity index (χ1n) is 5.09. The number of hydrogen-bond acceptors (Lipinski definition) is 5. The van der Waals surface area contributed by atoms with Crippen molar-refractivity contribution < 1.29 is 14.1 Å². The van der Waals surface area contributed by atoms with E-state index in [0.717, 1.165) is 12.1 Å². The van der Waals surface area contributed by atoms with Crippen LogP contribution >= 0.6 is 0 Å². The van der Waals surface area contributed by atoms with Gasteiger partial charge in [0.05, 0.1) is 17.1 Å². The van der Waals surface area contributed by atoms with Gasteiger partial charge in [-0.15, -0.1) is 0 Å². The predicted molar refractivity (Wildman–Crippen MR) is 61.6 cm³/mol. The molecule has 1 atom stereocenters. The summed E-state index contributed by atoms with van der Waals surface area (Å²) in [5.74, 6) is -0.788. The zero-order valence-corrected chi connectivity index (χ0v) is 9.94. The summed E-state index contributed by atoms with van der Waals surface area (Å²) in [6.45, 7) is 1.49. The van der Waals surface area contributed by atoms with E-state index in [0.29, 0.717) is 0 Å². The smallest absolute Gasteiger partial charge is 0.313 e. The molecule has 0 aliphatic rings. The molecule has 0 spiro atoms. The van der Waals surface area contributed by atoms with Gasteiger partial charge in [-0.25, -0.2) is 4.39 Å². The van der Waals surface area contributed by atoms with Crippen molar-refractivity contribution in [1.82, 2.24) is 5.32 Å². The number of likely N-dealkylation sites (N-methyl/N-ethyl adjacent to an activating group) is 1. The van der Waals surface area contributed by atoms with Crippen LogP contribution in [0, 0.1) is 27.3 Å². The Balaban J connectivity index is 2.92. The maximum atomic E-state index is 12.9. The third kappa shape index (κ3) is 3.15. The van der Waals surface area contributed by atoms with Crippen molar-refractivity contribution in [3.05, 3.63) is 34.1 Å². The second-order valence-electron chi connectivity index (χ2n) is 3.85. The molecule has 0 radical (unpaired) electrons. The molecule has 0 bridgehead atoms. The van der Waals surface area contributed by atoms with Crippen LogP contribution < -0.4 is 10.1 Å². The molecule has 0 heterocycles. The molecule has 18 heavy (non-hydrogen) atoms. The molecule has 96 valence electrons. The molecule has 6 nitrogen and oxygen atoms in total. The van der Waals surface area contributed by atoms with Crippen molar-refractivity contribution in [3.8, 4) is 11.8 Å². The Hall–Kier alpha value is -2.20. The minimum atomic E-state index is -0.970. The topological polar surface area (TPSA) is 88.2 Å². The normalized spacial score (nSPS) is 13.4. The molecule has 0 saturated heterocycles. The summed E-state index contributed by atoms with van der Waals surface area (Å²) < 4.78 is 18.1. The van der Waals surface area contributed by atoms with Crippen LogP contribution in [-0.2, 0) is 0 Å². The summed E-state index contributed by atoms with van der Waals surface area (Å²) in [6.07, 6.45) is 0. The Labute approximate surface area is 103 Å². The average molecular weight is 253 g/mol.